The Kier molecular flexibility index (Phi) is 5.48. The van der Waals surface area contributed by atoms with E-state index in [1.54, 1.807) is 18.2 Å². The Hall–Kier alpha value is -1.07. The van der Waals surface area contributed by atoms with Crippen LogP contribution in [-0.2, 0) is 32.7 Å². The zero-order chi connectivity index (χ0) is 10.1. The standard InChI is InChI=1S/C9H6N3O2.CH3.Y/c10-9-5-4-6-7(11-9)2-1-3-8(6)12(13)14;;/h1-5H,(H-,10,11);1H3;/q2*-1;. The van der Waals surface area contributed by atoms with E-state index in [0.29, 0.717) is 10.9 Å². The molecule has 0 aliphatic heterocycles. The van der Waals surface area contributed by atoms with E-state index in [1.165, 1.54) is 12.1 Å². The third kappa shape index (κ3) is 2.74. The summed E-state index contributed by atoms with van der Waals surface area (Å²) in [6.07, 6.45) is 0. The number of rotatable bonds is 1. The van der Waals surface area contributed by atoms with Crippen LogP contribution in [0.15, 0.2) is 30.3 Å². The molecule has 0 amide bonds. The van der Waals surface area contributed by atoms with Gasteiger partial charge < -0.3 is 18.1 Å². The van der Waals surface area contributed by atoms with Gasteiger partial charge in [-0.25, -0.2) is 0 Å². The van der Waals surface area contributed by atoms with E-state index in [1.807, 2.05) is 0 Å². The van der Waals surface area contributed by atoms with E-state index in [-0.39, 0.29) is 51.6 Å². The average Bonchev–Trinajstić information content (AvgIpc) is 2.16. The van der Waals surface area contributed by atoms with Gasteiger partial charge in [0, 0.05) is 38.8 Å². The van der Waals surface area contributed by atoms with Gasteiger partial charge in [-0.15, -0.1) is 0 Å². The minimum Gasteiger partial charge on any atom is -0.482 e. The van der Waals surface area contributed by atoms with Gasteiger partial charge in [0.05, 0.1) is 10.3 Å². The maximum Gasteiger partial charge on any atom is 0.276 e. The van der Waals surface area contributed by atoms with Gasteiger partial charge in [-0.3, -0.25) is 10.1 Å². The zero-order valence-corrected chi connectivity index (χ0v) is 11.5. The predicted octanol–water partition coefficient (Wildman–Crippen LogP) is 3.27. The van der Waals surface area contributed by atoms with E-state index in [4.69, 9.17) is 5.73 Å². The van der Waals surface area contributed by atoms with Crippen molar-refractivity contribution >= 4 is 22.4 Å². The van der Waals surface area contributed by atoms with Crippen molar-refractivity contribution in [2.45, 2.75) is 0 Å². The van der Waals surface area contributed by atoms with Crippen molar-refractivity contribution in [1.29, 1.82) is 0 Å². The summed E-state index contributed by atoms with van der Waals surface area (Å²) >= 11 is 0. The molecule has 0 aliphatic carbocycles. The fourth-order valence-electron chi connectivity index (χ4n) is 1.30. The van der Waals surface area contributed by atoms with E-state index in [2.05, 4.69) is 4.98 Å². The first-order valence-corrected chi connectivity index (χ1v) is 3.94. The summed E-state index contributed by atoms with van der Waals surface area (Å²) in [5.74, 6) is 0.109. The zero-order valence-electron chi connectivity index (χ0n) is 8.68. The molecule has 2 rings (SSSR count). The molecule has 1 radical (unpaired) electrons. The summed E-state index contributed by atoms with van der Waals surface area (Å²) in [4.78, 5) is 14.1. The number of fused-ring (bicyclic) bond motifs is 1. The molecule has 0 atom stereocenters. The molecule has 0 fully saturated rings. The second-order valence-electron chi connectivity index (χ2n) is 2.80. The SMILES string of the molecule is [CH3-].[NH-]c1ccc2c([N+](=O)[O-])cccc2n1.[Y]. The second kappa shape index (κ2) is 5.87. The number of nitro groups is 1. The Morgan fingerprint density at radius 2 is 1.94 bits per heavy atom. The van der Waals surface area contributed by atoms with Crippen LogP contribution in [0.25, 0.3) is 16.6 Å². The first-order valence-electron chi connectivity index (χ1n) is 3.94. The minimum atomic E-state index is -0.451. The van der Waals surface area contributed by atoms with Crippen molar-refractivity contribution in [1.82, 2.24) is 4.98 Å². The van der Waals surface area contributed by atoms with E-state index in [0.717, 1.165) is 0 Å². The summed E-state index contributed by atoms with van der Waals surface area (Å²) in [5.41, 5.74) is 7.78. The number of hydrogen-bond acceptors (Lipinski definition) is 3. The quantitative estimate of drug-likeness (QED) is 0.459. The molecule has 0 spiro atoms. The Morgan fingerprint density at radius 3 is 2.56 bits per heavy atom. The van der Waals surface area contributed by atoms with Gasteiger partial charge in [-0.1, -0.05) is 24.0 Å². The maximum atomic E-state index is 10.6. The number of nitrogens with zero attached hydrogens (tertiary/aromatic N) is 2. The van der Waals surface area contributed by atoms with E-state index >= 15 is 0 Å². The molecular weight excluding hydrogens is 283 g/mol. The molecule has 16 heavy (non-hydrogen) atoms. The van der Waals surface area contributed by atoms with Crippen molar-refractivity contribution < 1.29 is 37.6 Å². The van der Waals surface area contributed by atoms with Crippen LogP contribution in [-0.4, -0.2) is 9.91 Å². The molecule has 0 saturated heterocycles. The van der Waals surface area contributed by atoms with Crippen LogP contribution >= 0.6 is 0 Å². The summed E-state index contributed by atoms with van der Waals surface area (Å²) in [5, 5.41) is 11.1. The van der Waals surface area contributed by atoms with Crippen molar-refractivity contribution in [3.8, 4) is 0 Å². The van der Waals surface area contributed by atoms with Gasteiger partial charge in [0.15, 0.2) is 0 Å². The number of nitrogens with one attached hydrogen (secondary N) is 1. The van der Waals surface area contributed by atoms with Crippen LogP contribution in [0.5, 0.6) is 0 Å². The molecule has 1 N–H and O–H groups in total. The van der Waals surface area contributed by atoms with Crippen LogP contribution in [0, 0.1) is 17.5 Å². The first kappa shape index (κ1) is 14.9. The van der Waals surface area contributed by atoms with Crippen molar-refractivity contribution in [3.63, 3.8) is 0 Å². The molecule has 2 aromatic rings. The van der Waals surface area contributed by atoms with Gasteiger partial charge in [-0.05, 0) is 11.6 Å². The van der Waals surface area contributed by atoms with Crippen LogP contribution in [0.2, 0.25) is 0 Å². The first-order chi connectivity index (χ1) is 6.68. The van der Waals surface area contributed by atoms with Gasteiger partial charge in [-0.2, -0.15) is 0 Å². The van der Waals surface area contributed by atoms with Crippen LogP contribution in [0.1, 0.15) is 0 Å². The predicted molar refractivity (Wildman–Crippen MR) is 58.8 cm³/mol. The van der Waals surface area contributed by atoms with Crippen molar-refractivity contribution in [2.24, 2.45) is 0 Å². The van der Waals surface area contributed by atoms with Gasteiger partial charge in [0.25, 0.3) is 5.69 Å². The summed E-state index contributed by atoms with van der Waals surface area (Å²) < 4.78 is 0. The molecule has 0 aliphatic rings. The normalized spacial score (nSPS) is 9.00. The number of nitro benzene ring substituents is 1. The number of pyridine rings is 1. The Balaban J connectivity index is 0.00000112. The van der Waals surface area contributed by atoms with Gasteiger partial charge >= 0.3 is 0 Å². The molecule has 1 heterocycles. The summed E-state index contributed by atoms with van der Waals surface area (Å²) in [6, 6.07) is 7.62. The Bertz CT molecular complexity index is 516. The fourth-order valence-corrected chi connectivity index (χ4v) is 1.30. The van der Waals surface area contributed by atoms with Crippen molar-refractivity contribution in [2.75, 3.05) is 0 Å². The molecule has 5 nitrogen and oxygen atoms in total. The average molecular weight is 292 g/mol. The van der Waals surface area contributed by atoms with E-state index < -0.39 is 4.92 Å². The van der Waals surface area contributed by atoms with Crippen LogP contribution in [0.4, 0.5) is 11.5 Å². The molecule has 1 aromatic carbocycles. The van der Waals surface area contributed by atoms with Crippen LogP contribution < -0.4 is 0 Å². The largest absolute Gasteiger partial charge is 0.482 e. The minimum absolute atomic E-state index is 0. The number of non-ortho nitro benzene ring substituents is 1. The number of benzene rings is 1. The number of aromatic nitrogens is 1. The van der Waals surface area contributed by atoms with E-state index in [9.17, 15) is 10.1 Å². The Morgan fingerprint density at radius 1 is 1.25 bits per heavy atom. The third-order valence-electron chi connectivity index (χ3n) is 1.91. The third-order valence-corrected chi connectivity index (χ3v) is 1.91. The van der Waals surface area contributed by atoms with Gasteiger partial charge in [0.2, 0.25) is 0 Å². The number of hydrogen-bond donors (Lipinski definition) is 0. The molecule has 0 unspecified atom stereocenters. The fraction of sp³-hybridized carbons (Fsp3) is 0. The molecule has 6 heteroatoms. The topological polar surface area (TPSA) is 79.8 Å². The van der Waals surface area contributed by atoms with Crippen molar-refractivity contribution in [3.05, 3.63) is 53.6 Å². The maximum absolute atomic E-state index is 10.6. The molecule has 1 aromatic heterocycles. The molecular formula is C10H9N3O2Y-2. The monoisotopic (exact) mass is 292 g/mol. The Labute approximate surface area is 118 Å². The molecule has 0 bridgehead atoms. The smallest absolute Gasteiger partial charge is 0.276 e. The van der Waals surface area contributed by atoms with Crippen LogP contribution in [0.3, 0.4) is 0 Å². The van der Waals surface area contributed by atoms with Gasteiger partial charge in [0.1, 0.15) is 0 Å². The summed E-state index contributed by atoms with van der Waals surface area (Å²) in [6.45, 7) is 0. The summed E-state index contributed by atoms with van der Waals surface area (Å²) in [7, 11) is 0. The molecule has 81 valence electrons. The second-order valence-corrected chi connectivity index (χ2v) is 2.80. The molecule has 0 saturated carbocycles.